The van der Waals surface area contributed by atoms with Crippen molar-refractivity contribution in [1.82, 2.24) is 10.0 Å². The lowest BCUT2D eigenvalue weighted by Gasteiger charge is -2.25. The van der Waals surface area contributed by atoms with Gasteiger partial charge in [-0.2, -0.15) is 0 Å². The van der Waals surface area contributed by atoms with E-state index in [1.54, 1.807) is 12.1 Å². The van der Waals surface area contributed by atoms with Crippen LogP contribution in [0.25, 0.3) is 0 Å². The molecule has 0 radical (unpaired) electrons. The third kappa shape index (κ3) is 4.30. The quantitative estimate of drug-likeness (QED) is 0.721. The second-order valence-electron chi connectivity index (χ2n) is 5.50. The highest BCUT2D eigenvalue weighted by Crippen LogP contribution is 2.25. The van der Waals surface area contributed by atoms with Crippen molar-refractivity contribution in [3.8, 4) is 0 Å². The van der Waals surface area contributed by atoms with Gasteiger partial charge in [-0.15, -0.1) is 0 Å². The molecule has 0 aromatic heterocycles. The second-order valence-corrected chi connectivity index (χ2v) is 7.27. The Labute approximate surface area is 122 Å². The highest BCUT2D eigenvalue weighted by atomic mass is 32.2. The van der Waals surface area contributed by atoms with Gasteiger partial charge in [-0.05, 0) is 62.9 Å². The Bertz CT molecular complexity index is 507. The maximum Gasteiger partial charge on any atom is 0.240 e. The minimum Gasteiger partial charge on any atom is -0.320 e. The van der Waals surface area contributed by atoms with E-state index in [2.05, 4.69) is 10.0 Å². The summed E-state index contributed by atoms with van der Waals surface area (Å²) < 4.78 is 27.0. The van der Waals surface area contributed by atoms with E-state index >= 15 is 0 Å². The number of benzene rings is 1. The van der Waals surface area contributed by atoms with Crippen LogP contribution in [0.1, 0.15) is 31.2 Å². The van der Waals surface area contributed by atoms with Crippen LogP contribution in [0.4, 0.5) is 0 Å². The topological polar surface area (TPSA) is 58.2 Å². The van der Waals surface area contributed by atoms with Gasteiger partial charge in [0.2, 0.25) is 10.0 Å². The third-order valence-electron chi connectivity index (χ3n) is 3.91. The molecule has 0 atom stereocenters. The summed E-state index contributed by atoms with van der Waals surface area (Å²) in [6.07, 6.45) is 5.55. The van der Waals surface area contributed by atoms with Crippen LogP contribution >= 0.6 is 0 Å². The summed E-state index contributed by atoms with van der Waals surface area (Å²) in [5, 5.41) is 3.11. The van der Waals surface area contributed by atoms with Gasteiger partial charge in [-0.25, -0.2) is 13.1 Å². The van der Waals surface area contributed by atoms with Crippen LogP contribution in [0.5, 0.6) is 0 Å². The highest BCUT2D eigenvalue weighted by molar-refractivity contribution is 7.89. The predicted molar refractivity (Wildman–Crippen MR) is 81.2 cm³/mol. The first-order chi connectivity index (χ1) is 9.62. The molecular weight excluding hydrogens is 272 g/mol. The molecule has 5 heteroatoms. The predicted octanol–water partition coefficient (Wildman–Crippen LogP) is 1.92. The van der Waals surface area contributed by atoms with E-state index in [4.69, 9.17) is 0 Å². The van der Waals surface area contributed by atoms with E-state index in [1.807, 2.05) is 19.2 Å². The van der Waals surface area contributed by atoms with Crippen LogP contribution in [-0.2, 0) is 16.4 Å². The molecule has 1 aromatic rings. The largest absolute Gasteiger partial charge is 0.320 e. The van der Waals surface area contributed by atoms with Crippen molar-refractivity contribution in [2.45, 2.75) is 37.0 Å². The fourth-order valence-corrected chi connectivity index (χ4v) is 3.43. The molecule has 1 aromatic carbocycles. The summed E-state index contributed by atoms with van der Waals surface area (Å²) in [7, 11) is -1.40. The van der Waals surface area contributed by atoms with Gasteiger partial charge >= 0.3 is 0 Å². The Morgan fingerprint density at radius 1 is 1.20 bits per heavy atom. The number of nitrogens with one attached hydrogen (secondary N) is 2. The average molecular weight is 296 g/mol. The summed E-state index contributed by atoms with van der Waals surface area (Å²) in [5.74, 6) is 0.533. The molecule has 2 rings (SSSR count). The molecule has 4 nitrogen and oxygen atoms in total. The number of hydrogen-bond donors (Lipinski definition) is 2. The van der Waals surface area contributed by atoms with Crippen LogP contribution < -0.4 is 10.0 Å². The van der Waals surface area contributed by atoms with Crippen LogP contribution in [0.15, 0.2) is 29.2 Å². The minimum atomic E-state index is -3.34. The van der Waals surface area contributed by atoms with Crippen molar-refractivity contribution in [3.63, 3.8) is 0 Å². The highest BCUT2D eigenvalue weighted by Gasteiger charge is 2.21. The van der Waals surface area contributed by atoms with Gasteiger partial charge in [-0.3, -0.25) is 0 Å². The van der Waals surface area contributed by atoms with Crippen molar-refractivity contribution >= 4 is 10.0 Å². The Balaban J connectivity index is 1.89. The third-order valence-corrected chi connectivity index (χ3v) is 5.35. The standard InChI is InChI=1S/C15H24N2O2S/c1-16-11-3-6-13-7-9-15(10-8-13)20(18,19)17-12-14-4-2-5-14/h7-10,14,16-17H,2-6,11-12H2,1H3. The molecule has 0 amide bonds. The van der Waals surface area contributed by atoms with Crippen LogP contribution in [-0.4, -0.2) is 28.6 Å². The number of hydrogen-bond acceptors (Lipinski definition) is 3. The average Bonchev–Trinajstić information content (AvgIpc) is 2.38. The first-order valence-electron chi connectivity index (χ1n) is 7.35. The first kappa shape index (κ1) is 15.5. The lowest BCUT2D eigenvalue weighted by Crippen LogP contribution is -2.32. The number of aryl methyl sites for hydroxylation is 1. The van der Waals surface area contributed by atoms with Gasteiger partial charge in [0.05, 0.1) is 4.90 Å². The van der Waals surface area contributed by atoms with Gasteiger partial charge in [0, 0.05) is 6.54 Å². The van der Waals surface area contributed by atoms with E-state index in [1.165, 1.54) is 12.0 Å². The Kier molecular flexibility index (Phi) is 5.57. The smallest absolute Gasteiger partial charge is 0.240 e. The van der Waals surface area contributed by atoms with Crippen molar-refractivity contribution in [2.24, 2.45) is 5.92 Å². The number of rotatable bonds is 8. The summed E-state index contributed by atoms with van der Waals surface area (Å²) >= 11 is 0. The molecule has 112 valence electrons. The lowest BCUT2D eigenvalue weighted by atomic mass is 9.86. The van der Waals surface area contributed by atoms with Crippen LogP contribution in [0.2, 0.25) is 0 Å². The van der Waals surface area contributed by atoms with Gasteiger partial charge < -0.3 is 5.32 Å². The van der Waals surface area contributed by atoms with Gasteiger partial charge in [0.25, 0.3) is 0 Å². The fraction of sp³-hybridized carbons (Fsp3) is 0.600. The SMILES string of the molecule is CNCCCc1ccc(S(=O)(=O)NCC2CCC2)cc1. The Morgan fingerprint density at radius 3 is 2.45 bits per heavy atom. The van der Waals surface area contributed by atoms with Crippen LogP contribution in [0.3, 0.4) is 0 Å². The molecule has 0 bridgehead atoms. The molecule has 0 heterocycles. The number of sulfonamides is 1. The Morgan fingerprint density at radius 2 is 1.90 bits per heavy atom. The molecule has 0 aliphatic heterocycles. The molecule has 20 heavy (non-hydrogen) atoms. The van der Waals surface area contributed by atoms with Crippen LogP contribution in [0, 0.1) is 5.92 Å². The molecule has 1 saturated carbocycles. The van der Waals surface area contributed by atoms with E-state index in [-0.39, 0.29) is 0 Å². The molecule has 0 spiro atoms. The van der Waals surface area contributed by atoms with Crippen molar-refractivity contribution in [3.05, 3.63) is 29.8 Å². The molecule has 1 aliphatic rings. The maximum atomic E-state index is 12.1. The van der Waals surface area contributed by atoms with E-state index in [0.717, 1.165) is 32.2 Å². The molecule has 0 unspecified atom stereocenters. The summed E-state index contributed by atoms with van der Waals surface area (Å²) in [6.45, 7) is 1.55. The molecule has 1 aliphatic carbocycles. The van der Waals surface area contributed by atoms with Gasteiger partial charge in [0.15, 0.2) is 0 Å². The summed E-state index contributed by atoms with van der Waals surface area (Å²) in [6, 6.07) is 7.23. The summed E-state index contributed by atoms with van der Waals surface area (Å²) in [5.41, 5.74) is 1.18. The van der Waals surface area contributed by atoms with Crippen molar-refractivity contribution in [1.29, 1.82) is 0 Å². The molecule has 2 N–H and O–H groups in total. The Hall–Kier alpha value is -0.910. The van der Waals surface area contributed by atoms with E-state index < -0.39 is 10.0 Å². The van der Waals surface area contributed by atoms with E-state index in [9.17, 15) is 8.42 Å². The summed E-state index contributed by atoms with van der Waals surface area (Å²) in [4.78, 5) is 0.370. The van der Waals surface area contributed by atoms with E-state index in [0.29, 0.717) is 17.4 Å². The molecular formula is C15H24N2O2S. The molecule has 0 saturated heterocycles. The zero-order chi connectivity index (χ0) is 14.4. The minimum absolute atomic E-state index is 0.370. The fourth-order valence-electron chi connectivity index (χ4n) is 2.31. The zero-order valence-corrected chi connectivity index (χ0v) is 12.9. The lowest BCUT2D eigenvalue weighted by molar-refractivity contribution is 0.316. The maximum absolute atomic E-state index is 12.1. The van der Waals surface area contributed by atoms with Crippen molar-refractivity contribution < 1.29 is 8.42 Å². The normalized spacial score (nSPS) is 16.1. The van der Waals surface area contributed by atoms with Gasteiger partial charge in [0.1, 0.15) is 0 Å². The zero-order valence-electron chi connectivity index (χ0n) is 12.1. The van der Waals surface area contributed by atoms with Gasteiger partial charge in [-0.1, -0.05) is 18.6 Å². The first-order valence-corrected chi connectivity index (χ1v) is 8.83. The van der Waals surface area contributed by atoms with Crippen molar-refractivity contribution in [2.75, 3.05) is 20.1 Å². The monoisotopic (exact) mass is 296 g/mol. The second kappa shape index (κ2) is 7.20. The molecule has 1 fully saturated rings.